The van der Waals surface area contributed by atoms with Crippen molar-refractivity contribution in [2.24, 2.45) is 0 Å². The van der Waals surface area contributed by atoms with Crippen LogP contribution in [0.15, 0.2) is 0 Å². The summed E-state index contributed by atoms with van der Waals surface area (Å²) in [5, 5.41) is 4.70. The third-order valence-electron chi connectivity index (χ3n) is 1.05. The van der Waals surface area contributed by atoms with Gasteiger partial charge in [-0.15, -0.1) is 0 Å². The second-order valence-electron chi connectivity index (χ2n) is 1.69. The van der Waals surface area contributed by atoms with Crippen LogP contribution in [0.5, 0.6) is 0 Å². The summed E-state index contributed by atoms with van der Waals surface area (Å²) >= 11 is 0. The molecule has 1 heterocycles. The molecule has 0 aliphatic heterocycles. The Kier molecular flexibility index (Phi) is 1.84. The molecule has 1 rings (SSSR count). The fraction of sp³-hybridized carbons (Fsp3) is 0.200. The van der Waals surface area contributed by atoms with Gasteiger partial charge in [0.1, 0.15) is 0 Å². The van der Waals surface area contributed by atoms with Gasteiger partial charge in [-0.05, 0) is 0 Å². The number of methoxy groups -OCH3 is 1. The number of aromatic amines is 1. The molecule has 0 fully saturated rings. The smallest absolute Gasteiger partial charge is 0.361 e. The van der Waals surface area contributed by atoms with E-state index in [-0.39, 0.29) is 0 Å². The fourth-order valence-electron chi connectivity index (χ4n) is 0.539. The maximum Gasteiger partial charge on any atom is 0.361 e. The van der Waals surface area contributed by atoms with E-state index in [0.717, 1.165) is 7.11 Å². The first-order chi connectivity index (χ1) is 5.16. The van der Waals surface area contributed by atoms with Gasteiger partial charge in [-0.2, -0.15) is 13.9 Å². The molecule has 0 aromatic carbocycles. The molecule has 1 N–H and O–H groups in total. The number of nitrogens with one attached hydrogen (secondary N) is 1. The minimum Gasteiger partial charge on any atom is -0.464 e. The summed E-state index contributed by atoms with van der Waals surface area (Å²) in [7, 11) is 1.05. The average molecular weight is 162 g/mol. The van der Waals surface area contributed by atoms with E-state index in [2.05, 4.69) is 9.84 Å². The first-order valence-corrected chi connectivity index (χ1v) is 2.64. The van der Waals surface area contributed by atoms with Crippen LogP contribution < -0.4 is 0 Å². The van der Waals surface area contributed by atoms with Crippen molar-refractivity contribution >= 4 is 5.97 Å². The largest absolute Gasteiger partial charge is 0.464 e. The maximum absolute atomic E-state index is 12.4. The number of nitrogens with zero attached hydrogens (tertiary/aromatic N) is 1. The zero-order chi connectivity index (χ0) is 8.43. The molecular weight excluding hydrogens is 158 g/mol. The van der Waals surface area contributed by atoms with Crippen LogP contribution in [-0.2, 0) is 4.74 Å². The monoisotopic (exact) mass is 162 g/mol. The zero-order valence-corrected chi connectivity index (χ0v) is 5.52. The molecule has 0 aliphatic rings. The van der Waals surface area contributed by atoms with Crippen molar-refractivity contribution < 1.29 is 18.3 Å². The van der Waals surface area contributed by atoms with E-state index in [0.29, 0.717) is 0 Å². The summed E-state index contributed by atoms with van der Waals surface area (Å²) in [5.74, 6) is -3.61. The van der Waals surface area contributed by atoms with Gasteiger partial charge in [0, 0.05) is 0 Å². The Morgan fingerprint density at radius 3 is 2.64 bits per heavy atom. The van der Waals surface area contributed by atoms with Gasteiger partial charge in [-0.3, -0.25) is 0 Å². The normalized spacial score (nSPS) is 9.73. The highest BCUT2D eigenvalue weighted by molar-refractivity contribution is 5.87. The van der Waals surface area contributed by atoms with Crippen molar-refractivity contribution in [1.29, 1.82) is 0 Å². The number of carbonyl (C=O) groups is 1. The Labute approximate surface area is 60.2 Å². The van der Waals surface area contributed by atoms with E-state index in [4.69, 9.17) is 0 Å². The first-order valence-electron chi connectivity index (χ1n) is 2.64. The number of esters is 1. The van der Waals surface area contributed by atoms with Crippen LogP contribution >= 0.6 is 0 Å². The Hall–Kier alpha value is -1.46. The Bertz CT molecular complexity index is 284. The summed E-state index contributed by atoms with van der Waals surface area (Å²) in [5.41, 5.74) is -0.676. The summed E-state index contributed by atoms with van der Waals surface area (Å²) in [6.07, 6.45) is 0. The molecule has 0 amide bonds. The number of halogens is 2. The summed E-state index contributed by atoms with van der Waals surface area (Å²) in [6, 6.07) is 0. The van der Waals surface area contributed by atoms with Gasteiger partial charge >= 0.3 is 5.97 Å². The van der Waals surface area contributed by atoms with Crippen LogP contribution in [0.25, 0.3) is 0 Å². The van der Waals surface area contributed by atoms with Crippen LogP contribution in [0.2, 0.25) is 0 Å². The molecule has 1 aromatic rings. The van der Waals surface area contributed by atoms with E-state index in [1.54, 1.807) is 5.10 Å². The number of carbonyl (C=O) groups excluding carboxylic acids is 1. The SMILES string of the molecule is COC(=O)c1n[nH]c(F)c1F. The minimum atomic E-state index is -1.32. The number of H-pyrrole nitrogens is 1. The van der Waals surface area contributed by atoms with Gasteiger partial charge in [0.05, 0.1) is 7.11 Å². The number of aromatic nitrogens is 2. The molecule has 0 radical (unpaired) electrons. The number of rotatable bonds is 1. The lowest BCUT2D eigenvalue weighted by atomic mass is 10.4. The molecule has 60 valence electrons. The molecule has 11 heavy (non-hydrogen) atoms. The lowest BCUT2D eigenvalue weighted by molar-refractivity contribution is 0.0588. The van der Waals surface area contributed by atoms with Gasteiger partial charge in [-0.1, -0.05) is 0 Å². The molecular formula is C5H4F2N2O2. The molecule has 6 heteroatoms. The van der Waals surface area contributed by atoms with E-state index in [9.17, 15) is 13.6 Å². The molecule has 0 bridgehead atoms. The minimum absolute atomic E-state index is 0.676. The van der Waals surface area contributed by atoms with Gasteiger partial charge in [0.15, 0.2) is 0 Å². The van der Waals surface area contributed by atoms with Crippen LogP contribution in [0.4, 0.5) is 8.78 Å². The third kappa shape index (κ3) is 1.19. The molecule has 1 aromatic heterocycles. The molecule has 4 nitrogen and oxygen atoms in total. The quantitative estimate of drug-likeness (QED) is 0.611. The van der Waals surface area contributed by atoms with Crippen molar-refractivity contribution in [2.75, 3.05) is 7.11 Å². The van der Waals surface area contributed by atoms with Gasteiger partial charge in [0.25, 0.3) is 0 Å². The molecule has 0 saturated carbocycles. The van der Waals surface area contributed by atoms with E-state index >= 15 is 0 Å². The first kappa shape index (κ1) is 7.64. The van der Waals surface area contributed by atoms with Crippen LogP contribution in [0.3, 0.4) is 0 Å². The standard InChI is InChI=1S/C5H4F2N2O2/c1-11-5(10)3-2(6)4(7)9-8-3/h1H3,(H,8,9). The van der Waals surface area contributed by atoms with E-state index < -0.39 is 23.4 Å². The van der Waals surface area contributed by atoms with Crippen molar-refractivity contribution in [1.82, 2.24) is 10.2 Å². The van der Waals surface area contributed by atoms with E-state index in [1.807, 2.05) is 0 Å². The number of ether oxygens (including phenoxy) is 1. The number of hydrogen-bond donors (Lipinski definition) is 1. The Balaban J connectivity index is 3.04. The molecule has 0 spiro atoms. The fourth-order valence-corrected chi connectivity index (χ4v) is 0.539. The average Bonchev–Trinajstić information content (AvgIpc) is 2.32. The van der Waals surface area contributed by atoms with Crippen molar-refractivity contribution in [3.8, 4) is 0 Å². The summed E-state index contributed by atoms with van der Waals surface area (Å²) in [4.78, 5) is 10.5. The van der Waals surface area contributed by atoms with Crippen molar-refractivity contribution in [3.05, 3.63) is 17.5 Å². The Morgan fingerprint density at radius 1 is 1.64 bits per heavy atom. The summed E-state index contributed by atoms with van der Waals surface area (Å²) in [6.45, 7) is 0. The highest BCUT2D eigenvalue weighted by Gasteiger charge is 2.19. The third-order valence-corrected chi connectivity index (χ3v) is 1.05. The second kappa shape index (κ2) is 2.65. The summed E-state index contributed by atoms with van der Waals surface area (Å²) < 4.78 is 28.7. The van der Waals surface area contributed by atoms with Crippen molar-refractivity contribution in [2.45, 2.75) is 0 Å². The predicted molar refractivity (Wildman–Crippen MR) is 29.8 cm³/mol. The lowest BCUT2D eigenvalue weighted by Gasteiger charge is -1.90. The molecule has 0 atom stereocenters. The molecule has 0 saturated heterocycles. The van der Waals surface area contributed by atoms with Crippen molar-refractivity contribution in [3.63, 3.8) is 0 Å². The topological polar surface area (TPSA) is 55.0 Å². The van der Waals surface area contributed by atoms with Gasteiger partial charge in [0.2, 0.25) is 17.5 Å². The molecule has 0 unspecified atom stereocenters. The Morgan fingerprint density at radius 2 is 2.27 bits per heavy atom. The zero-order valence-electron chi connectivity index (χ0n) is 5.52. The van der Waals surface area contributed by atoms with Gasteiger partial charge < -0.3 is 4.74 Å². The molecule has 0 aliphatic carbocycles. The highest BCUT2D eigenvalue weighted by Crippen LogP contribution is 2.07. The highest BCUT2D eigenvalue weighted by atomic mass is 19.2. The number of hydrogen-bond acceptors (Lipinski definition) is 3. The second-order valence-corrected chi connectivity index (χ2v) is 1.69. The van der Waals surface area contributed by atoms with Crippen LogP contribution in [0.1, 0.15) is 10.5 Å². The maximum atomic E-state index is 12.4. The lowest BCUT2D eigenvalue weighted by Crippen LogP contribution is -2.03. The van der Waals surface area contributed by atoms with Crippen LogP contribution in [0, 0.1) is 11.8 Å². The van der Waals surface area contributed by atoms with E-state index in [1.165, 1.54) is 0 Å². The van der Waals surface area contributed by atoms with Gasteiger partial charge in [-0.25, -0.2) is 9.89 Å². The van der Waals surface area contributed by atoms with Crippen LogP contribution in [-0.4, -0.2) is 23.3 Å². The predicted octanol–water partition coefficient (Wildman–Crippen LogP) is 0.474.